The molecule has 0 amide bonds. The van der Waals surface area contributed by atoms with Crippen molar-refractivity contribution in [2.75, 3.05) is 4.90 Å². The van der Waals surface area contributed by atoms with E-state index in [0.717, 1.165) is 29.8 Å². The second-order valence-electron chi connectivity index (χ2n) is 9.83. The Morgan fingerprint density at radius 2 is 1.88 bits per heavy atom. The number of hydrogen-bond acceptors (Lipinski definition) is 4. The number of fused-ring (bicyclic) bond motifs is 1. The number of allylic oxidation sites excluding steroid dienone is 6. The van der Waals surface area contributed by atoms with E-state index in [1.54, 1.807) is 21.3 Å². The highest BCUT2D eigenvalue weighted by molar-refractivity contribution is 6.47. The van der Waals surface area contributed by atoms with Gasteiger partial charge in [-0.2, -0.15) is 0 Å². The van der Waals surface area contributed by atoms with Crippen LogP contribution in [0.15, 0.2) is 77.4 Å². The summed E-state index contributed by atoms with van der Waals surface area (Å²) in [4.78, 5) is 7.38. The Morgan fingerprint density at radius 3 is 2.50 bits per heavy atom. The maximum atomic E-state index is 10.3. The fourth-order valence-corrected chi connectivity index (χ4v) is 4.16. The summed E-state index contributed by atoms with van der Waals surface area (Å²) in [6, 6.07) is 8.77. The minimum absolute atomic E-state index is 0.166. The second-order valence-corrected chi connectivity index (χ2v) is 9.83. The van der Waals surface area contributed by atoms with Gasteiger partial charge in [0, 0.05) is 18.0 Å². The molecule has 167 valence electrons. The minimum atomic E-state index is -0.942. The quantitative estimate of drug-likeness (QED) is 0.650. The van der Waals surface area contributed by atoms with E-state index in [9.17, 15) is 5.11 Å². The lowest BCUT2D eigenvalue weighted by atomic mass is 9.82. The van der Waals surface area contributed by atoms with Crippen LogP contribution >= 0.6 is 0 Å². The fourth-order valence-electron chi connectivity index (χ4n) is 4.16. The number of amidine groups is 1. The smallest absolute Gasteiger partial charge is 0.330 e. The van der Waals surface area contributed by atoms with Gasteiger partial charge in [-0.15, -0.1) is 0 Å². The van der Waals surface area contributed by atoms with E-state index in [4.69, 9.17) is 9.65 Å². The first-order valence-corrected chi connectivity index (χ1v) is 11.6. The van der Waals surface area contributed by atoms with Crippen LogP contribution in [0.5, 0.6) is 0 Å². The predicted molar refractivity (Wildman–Crippen MR) is 135 cm³/mol. The lowest BCUT2D eigenvalue weighted by Gasteiger charge is -2.37. The average Bonchev–Trinajstić information content (AvgIpc) is 3.16. The molecule has 3 aliphatic rings. The molecule has 1 aromatic carbocycles. The van der Waals surface area contributed by atoms with Crippen LogP contribution in [0.3, 0.4) is 0 Å². The predicted octanol–water partition coefficient (Wildman–Crippen LogP) is 4.49. The van der Waals surface area contributed by atoms with Crippen molar-refractivity contribution in [3.8, 4) is 0 Å². The van der Waals surface area contributed by atoms with Crippen LogP contribution in [0.25, 0.3) is 0 Å². The molecule has 3 atom stereocenters. The zero-order chi connectivity index (χ0) is 22.9. The summed E-state index contributed by atoms with van der Waals surface area (Å²) in [5.41, 5.74) is 1.85. The summed E-state index contributed by atoms with van der Waals surface area (Å²) in [5, 5.41) is 10.3. The Balaban J connectivity index is 1.52. The standard InChI is InChI=1S/C27H34BN2O2/c1-6-25-29-23-17-12-20(19-10-8-7-9-11-19)18-24(23)30(25)22-15-13-21(14-16-22)28-32-27(4,5)26(2,3)31/h7-10,12-19,23-24,31H,6,11H2,1-5H3. The molecule has 0 saturated heterocycles. The fraction of sp³-hybridized carbons (Fsp3) is 0.444. The lowest BCUT2D eigenvalue weighted by Crippen LogP contribution is -2.49. The van der Waals surface area contributed by atoms with E-state index in [-0.39, 0.29) is 12.1 Å². The van der Waals surface area contributed by atoms with Gasteiger partial charge >= 0.3 is 7.48 Å². The molecule has 5 heteroatoms. The Hall–Kier alpha value is -2.37. The molecular weight excluding hydrogens is 395 g/mol. The first kappa shape index (κ1) is 22.8. The third-order valence-corrected chi connectivity index (χ3v) is 6.93. The number of aliphatic imine (C=N–C) groups is 1. The number of hydrogen-bond donors (Lipinski definition) is 1. The average molecular weight is 429 g/mol. The van der Waals surface area contributed by atoms with Crippen LogP contribution < -0.4 is 10.4 Å². The van der Waals surface area contributed by atoms with E-state index in [0.29, 0.717) is 5.92 Å². The molecule has 1 radical (unpaired) electrons. The van der Waals surface area contributed by atoms with Gasteiger partial charge in [0.2, 0.25) is 0 Å². The van der Waals surface area contributed by atoms with Gasteiger partial charge in [0.1, 0.15) is 5.84 Å². The molecule has 0 saturated carbocycles. The van der Waals surface area contributed by atoms with Gasteiger partial charge in [-0.25, -0.2) is 0 Å². The molecule has 32 heavy (non-hydrogen) atoms. The zero-order valence-corrected chi connectivity index (χ0v) is 19.8. The van der Waals surface area contributed by atoms with Crippen molar-refractivity contribution in [2.24, 2.45) is 10.9 Å². The molecule has 0 fully saturated rings. The molecule has 4 rings (SSSR count). The van der Waals surface area contributed by atoms with Crippen LogP contribution in [0.2, 0.25) is 0 Å². The third-order valence-electron chi connectivity index (χ3n) is 6.93. The van der Waals surface area contributed by atoms with E-state index < -0.39 is 11.2 Å². The van der Waals surface area contributed by atoms with E-state index in [1.165, 1.54) is 5.57 Å². The Kier molecular flexibility index (Phi) is 6.33. The topological polar surface area (TPSA) is 45.1 Å². The molecule has 0 bridgehead atoms. The first-order valence-electron chi connectivity index (χ1n) is 11.6. The molecular formula is C27H34BN2O2. The van der Waals surface area contributed by atoms with Gasteiger partial charge in [-0.05, 0) is 51.8 Å². The van der Waals surface area contributed by atoms with Crippen molar-refractivity contribution in [3.05, 3.63) is 72.4 Å². The lowest BCUT2D eigenvalue weighted by molar-refractivity contribution is -0.0893. The summed E-state index contributed by atoms with van der Waals surface area (Å²) >= 11 is 0. The van der Waals surface area contributed by atoms with Gasteiger partial charge in [-0.1, -0.05) is 67.1 Å². The second kappa shape index (κ2) is 8.88. The number of rotatable bonds is 7. The summed E-state index contributed by atoms with van der Waals surface area (Å²) in [5.74, 6) is 1.57. The van der Waals surface area contributed by atoms with Crippen LogP contribution in [-0.2, 0) is 4.65 Å². The maximum absolute atomic E-state index is 10.3. The van der Waals surface area contributed by atoms with Crippen molar-refractivity contribution in [2.45, 2.75) is 70.7 Å². The van der Waals surface area contributed by atoms with Gasteiger partial charge in [0.15, 0.2) is 0 Å². The molecule has 1 N–H and O–H groups in total. The van der Waals surface area contributed by atoms with Crippen LogP contribution in [-0.4, -0.2) is 41.7 Å². The Labute approximate surface area is 193 Å². The molecule has 1 aliphatic heterocycles. The number of anilines is 1. The van der Waals surface area contributed by atoms with Gasteiger partial charge in [0.05, 0.1) is 23.3 Å². The number of aliphatic hydroxyl groups is 1. The molecule has 0 spiro atoms. The number of benzene rings is 1. The van der Waals surface area contributed by atoms with Crippen molar-refractivity contribution >= 4 is 24.5 Å². The summed E-state index contributed by atoms with van der Waals surface area (Å²) in [6.07, 6.45) is 17.7. The van der Waals surface area contributed by atoms with E-state index in [2.05, 4.69) is 78.6 Å². The molecule has 4 nitrogen and oxygen atoms in total. The Bertz CT molecular complexity index is 980. The largest absolute Gasteiger partial charge is 0.427 e. The van der Waals surface area contributed by atoms with Crippen molar-refractivity contribution in [1.82, 2.24) is 0 Å². The maximum Gasteiger partial charge on any atom is 0.330 e. The first-order chi connectivity index (χ1) is 15.2. The van der Waals surface area contributed by atoms with Gasteiger partial charge < -0.3 is 14.7 Å². The minimum Gasteiger partial charge on any atom is -0.427 e. The van der Waals surface area contributed by atoms with Crippen molar-refractivity contribution in [1.29, 1.82) is 0 Å². The third kappa shape index (κ3) is 4.55. The van der Waals surface area contributed by atoms with Crippen molar-refractivity contribution in [3.63, 3.8) is 0 Å². The number of nitrogens with zero attached hydrogens (tertiary/aromatic N) is 2. The Morgan fingerprint density at radius 1 is 1.12 bits per heavy atom. The van der Waals surface area contributed by atoms with E-state index >= 15 is 0 Å². The molecule has 1 aromatic rings. The van der Waals surface area contributed by atoms with Crippen LogP contribution in [0.4, 0.5) is 5.69 Å². The molecule has 3 unspecified atom stereocenters. The van der Waals surface area contributed by atoms with Gasteiger partial charge in [0.25, 0.3) is 0 Å². The molecule has 0 aromatic heterocycles. The molecule has 2 aliphatic carbocycles. The van der Waals surface area contributed by atoms with Crippen LogP contribution in [0, 0.1) is 5.92 Å². The normalized spacial score (nSPS) is 24.9. The van der Waals surface area contributed by atoms with Crippen LogP contribution in [0.1, 0.15) is 47.5 Å². The highest BCUT2D eigenvalue weighted by Gasteiger charge is 2.37. The highest BCUT2D eigenvalue weighted by atomic mass is 16.5. The summed E-state index contributed by atoms with van der Waals surface area (Å²) in [7, 11) is 1.73. The summed E-state index contributed by atoms with van der Waals surface area (Å²) < 4.78 is 5.91. The highest BCUT2D eigenvalue weighted by Crippen LogP contribution is 2.34. The van der Waals surface area contributed by atoms with Gasteiger partial charge in [-0.3, -0.25) is 4.99 Å². The van der Waals surface area contributed by atoms with E-state index in [1.807, 2.05) is 13.8 Å². The monoisotopic (exact) mass is 429 g/mol. The summed E-state index contributed by atoms with van der Waals surface area (Å²) in [6.45, 7) is 9.48. The van der Waals surface area contributed by atoms with Crippen molar-refractivity contribution < 1.29 is 9.76 Å². The zero-order valence-electron chi connectivity index (χ0n) is 19.8. The SMILES string of the molecule is CCC1=NC2C=CC(C3C=CC=CC3)=CC2N1c1ccc([B]OC(C)(C)C(C)(C)O)cc1. The molecule has 1 heterocycles.